The van der Waals surface area contributed by atoms with Crippen LogP contribution in [0.5, 0.6) is 0 Å². The van der Waals surface area contributed by atoms with Crippen LogP contribution in [0.25, 0.3) is 0 Å². The summed E-state index contributed by atoms with van der Waals surface area (Å²) in [6.45, 7) is 15.9. The second-order valence-corrected chi connectivity index (χ2v) is 13.9. The van der Waals surface area contributed by atoms with E-state index in [-0.39, 0.29) is 28.8 Å². The second kappa shape index (κ2) is 7.85. The van der Waals surface area contributed by atoms with E-state index in [0.29, 0.717) is 18.6 Å². The molecule has 1 aliphatic carbocycles. The molecule has 2 fully saturated rings. The first-order valence-corrected chi connectivity index (χ1v) is 12.7. The summed E-state index contributed by atoms with van der Waals surface area (Å²) in [5, 5.41) is 3.35. The molecule has 0 amide bonds. The van der Waals surface area contributed by atoms with Crippen LogP contribution in [0, 0.1) is 11.8 Å². The summed E-state index contributed by atoms with van der Waals surface area (Å²) in [5.74, 6) is -0.889. The molecule has 2 aliphatic rings. The van der Waals surface area contributed by atoms with Crippen molar-refractivity contribution < 1.29 is 18.8 Å². The molecule has 0 radical (unpaired) electrons. The first-order valence-electron chi connectivity index (χ1n) is 9.84. The summed E-state index contributed by atoms with van der Waals surface area (Å²) in [6, 6.07) is 0. The lowest BCUT2D eigenvalue weighted by atomic mass is 9.74. The molecule has 1 heterocycles. The molecule has 1 saturated heterocycles. The summed E-state index contributed by atoms with van der Waals surface area (Å²) in [6.07, 6.45) is 1.93. The van der Waals surface area contributed by atoms with E-state index in [4.69, 9.17) is 9.16 Å². The molecule has 0 unspecified atom stereocenters. The van der Waals surface area contributed by atoms with Crippen molar-refractivity contribution in [3.8, 4) is 0 Å². The topological polar surface area (TPSA) is 64.6 Å². The van der Waals surface area contributed by atoms with E-state index in [1.54, 1.807) is 6.92 Å². The standard InChI is InChI=1S/C20H35NO4Si/c1-8-24-19(23)17-16(14-10-9-11-21-14)15(22)12-13(2)18(17)25-26(6,7)20(3,4)5/h13,17-18,21H,8-12H2,1-7H3/b16-14+/t13-,17-,18-/m0/s1. The maximum absolute atomic E-state index is 12.9. The normalized spacial score (nSPS) is 30.3. The Hall–Kier alpha value is -1.14. The molecule has 0 spiro atoms. The minimum atomic E-state index is -2.10. The highest BCUT2D eigenvalue weighted by Gasteiger charge is 2.50. The first kappa shape index (κ1) is 21.2. The van der Waals surface area contributed by atoms with Crippen molar-refractivity contribution >= 4 is 20.1 Å². The third-order valence-electron chi connectivity index (χ3n) is 6.05. The van der Waals surface area contributed by atoms with E-state index < -0.39 is 14.2 Å². The molecule has 0 aromatic heterocycles. The van der Waals surface area contributed by atoms with Gasteiger partial charge in [0.15, 0.2) is 14.1 Å². The van der Waals surface area contributed by atoms with E-state index in [2.05, 4.69) is 39.2 Å². The van der Waals surface area contributed by atoms with Crippen molar-refractivity contribution in [2.45, 2.75) is 78.1 Å². The van der Waals surface area contributed by atoms with Crippen LogP contribution in [0.3, 0.4) is 0 Å². The van der Waals surface area contributed by atoms with Gasteiger partial charge in [0.05, 0.1) is 12.7 Å². The van der Waals surface area contributed by atoms with Gasteiger partial charge in [0.1, 0.15) is 5.92 Å². The highest BCUT2D eigenvalue weighted by molar-refractivity contribution is 6.74. The maximum atomic E-state index is 12.9. The van der Waals surface area contributed by atoms with Crippen LogP contribution in [0.4, 0.5) is 0 Å². The lowest BCUT2D eigenvalue weighted by Crippen LogP contribution is -2.53. The Morgan fingerprint density at radius 3 is 2.46 bits per heavy atom. The molecule has 5 nitrogen and oxygen atoms in total. The van der Waals surface area contributed by atoms with Crippen LogP contribution >= 0.6 is 0 Å². The van der Waals surface area contributed by atoms with Gasteiger partial charge in [0.2, 0.25) is 0 Å². The summed E-state index contributed by atoms with van der Waals surface area (Å²) < 4.78 is 12.1. The lowest BCUT2D eigenvalue weighted by Gasteiger charge is -2.45. The van der Waals surface area contributed by atoms with Gasteiger partial charge in [-0.05, 0) is 43.8 Å². The van der Waals surface area contributed by atoms with E-state index >= 15 is 0 Å². The number of hydrogen-bond donors (Lipinski definition) is 1. The van der Waals surface area contributed by atoms with Crippen molar-refractivity contribution in [2.24, 2.45) is 11.8 Å². The molecule has 1 N–H and O–H groups in total. The summed E-state index contributed by atoms with van der Waals surface area (Å²) in [5.41, 5.74) is 1.53. The van der Waals surface area contributed by atoms with Gasteiger partial charge < -0.3 is 14.5 Å². The van der Waals surface area contributed by atoms with Gasteiger partial charge in [0.25, 0.3) is 0 Å². The van der Waals surface area contributed by atoms with Gasteiger partial charge in [-0.1, -0.05) is 27.7 Å². The Labute approximate surface area is 159 Å². The lowest BCUT2D eigenvalue weighted by molar-refractivity contribution is -0.153. The molecule has 3 atom stereocenters. The van der Waals surface area contributed by atoms with E-state index in [1.807, 2.05) is 6.92 Å². The number of esters is 1. The molecule has 6 heteroatoms. The number of rotatable bonds is 4. The van der Waals surface area contributed by atoms with Crippen LogP contribution in [0.1, 0.15) is 53.9 Å². The van der Waals surface area contributed by atoms with Crippen molar-refractivity contribution in [3.63, 3.8) is 0 Å². The smallest absolute Gasteiger partial charge is 0.316 e. The molecular formula is C20H35NO4Si. The number of ketones is 1. The van der Waals surface area contributed by atoms with E-state index in [1.165, 1.54) is 0 Å². The molecule has 148 valence electrons. The monoisotopic (exact) mass is 381 g/mol. The van der Waals surface area contributed by atoms with Crippen molar-refractivity contribution in [2.75, 3.05) is 13.2 Å². The van der Waals surface area contributed by atoms with Gasteiger partial charge in [-0.2, -0.15) is 0 Å². The molecule has 0 aromatic rings. The Balaban J connectivity index is 2.47. The van der Waals surface area contributed by atoms with E-state index in [0.717, 1.165) is 25.1 Å². The zero-order valence-electron chi connectivity index (χ0n) is 17.4. The number of allylic oxidation sites excluding steroid dienone is 1. The fraction of sp³-hybridized carbons (Fsp3) is 0.800. The number of carbonyl (C=O) groups is 2. The molecule has 0 aromatic carbocycles. The van der Waals surface area contributed by atoms with Crippen LogP contribution in [-0.4, -0.2) is 39.3 Å². The summed E-state index contributed by atoms with van der Waals surface area (Å²) >= 11 is 0. The quantitative estimate of drug-likeness (QED) is 0.456. The fourth-order valence-corrected chi connectivity index (χ4v) is 4.95. The van der Waals surface area contributed by atoms with Gasteiger partial charge in [-0.15, -0.1) is 0 Å². The molecule has 26 heavy (non-hydrogen) atoms. The largest absolute Gasteiger partial charge is 0.465 e. The number of nitrogens with one attached hydrogen (secondary N) is 1. The van der Waals surface area contributed by atoms with Crippen LogP contribution < -0.4 is 5.32 Å². The molecule has 2 rings (SSSR count). The summed E-state index contributed by atoms with van der Waals surface area (Å²) in [7, 11) is -2.10. The average Bonchev–Trinajstić information content (AvgIpc) is 3.02. The minimum Gasteiger partial charge on any atom is -0.465 e. The van der Waals surface area contributed by atoms with Gasteiger partial charge in [-0.25, -0.2) is 0 Å². The SMILES string of the molecule is CCOC(=O)[C@H]1/C(=C2\CCCN2)C(=O)C[C@H](C)[C@@H]1O[Si](C)(C)C(C)(C)C. The zero-order valence-corrected chi connectivity index (χ0v) is 18.4. The Bertz CT molecular complexity index is 583. The van der Waals surface area contributed by atoms with Crippen molar-refractivity contribution in [1.82, 2.24) is 5.32 Å². The fourth-order valence-electron chi connectivity index (χ4n) is 3.55. The van der Waals surface area contributed by atoms with Crippen LogP contribution in [0.2, 0.25) is 18.1 Å². The Kier molecular flexibility index (Phi) is 6.39. The molecular weight excluding hydrogens is 346 g/mol. The number of ether oxygens (including phenoxy) is 1. The second-order valence-electron chi connectivity index (χ2n) is 9.10. The van der Waals surface area contributed by atoms with Gasteiger partial charge >= 0.3 is 5.97 Å². The maximum Gasteiger partial charge on any atom is 0.316 e. The highest BCUT2D eigenvalue weighted by Crippen LogP contribution is 2.43. The first-order chi connectivity index (χ1) is 12.0. The predicted molar refractivity (Wildman–Crippen MR) is 105 cm³/mol. The number of carbonyl (C=O) groups excluding carboxylic acids is 2. The summed E-state index contributed by atoms with van der Waals surface area (Å²) in [4.78, 5) is 25.8. The van der Waals surface area contributed by atoms with Gasteiger partial charge in [-0.3, -0.25) is 9.59 Å². The predicted octanol–water partition coefficient (Wildman–Crippen LogP) is 3.80. The Morgan fingerprint density at radius 2 is 1.96 bits per heavy atom. The van der Waals surface area contributed by atoms with Crippen LogP contribution in [0.15, 0.2) is 11.3 Å². The minimum absolute atomic E-state index is 0.00298. The Morgan fingerprint density at radius 1 is 1.31 bits per heavy atom. The zero-order chi connectivity index (χ0) is 19.7. The van der Waals surface area contributed by atoms with Crippen molar-refractivity contribution in [3.05, 3.63) is 11.3 Å². The third kappa shape index (κ3) is 4.22. The van der Waals surface area contributed by atoms with Gasteiger partial charge in [0, 0.05) is 24.2 Å². The number of Topliss-reactive ketones (excluding diaryl/α,β-unsaturated/α-hetero) is 1. The molecule has 1 saturated carbocycles. The third-order valence-corrected chi connectivity index (χ3v) is 10.5. The average molecular weight is 382 g/mol. The van der Waals surface area contributed by atoms with Crippen LogP contribution in [-0.2, 0) is 18.8 Å². The van der Waals surface area contributed by atoms with E-state index in [9.17, 15) is 9.59 Å². The molecule has 0 bridgehead atoms. The highest BCUT2D eigenvalue weighted by atomic mass is 28.4. The molecule has 1 aliphatic heterocycles. The van der Waals surface area contributed by atoms with Crippen molar-refractivity contribution in [1.29, 1.82) is 0 Å². The number of hydrogen-bond acceptors (Lipinski definition) is 5.